The van der Waals surface area contributed by atoms with E-state index in [1.165, 1.54) is 0 Å². The lowest BCUT2D eigenvalue weighted by molar-refractivity contribution is 0.102. The summed E-state index contributed by atoms with van der Waals surface area (Å²) in [6.45, 7) is 7.75. The van der Waals surface area contributed by atoms with Crippen molar-refractivity contribution in [2.24, 2.45) is 0 Å². The average molecular weight is 458 g/mol. The maximum absolute atomic E-state index is 13.4. The molecule has 2 N–H and O–H groups in total. The molecule has 0 aliphatic heterocycles. The number of aromatic amines is 1. The first-order valence-corrected chi connectivity index (χ1v) is 10.7. The van der Waals surface area contributed by atoms with Crippen molar-refractivity contribution in [3.05, 3.63) is 70.2 Å². The summed E-state index contributed by atoms with van der Waals surface area (Å²) in [5.41, 5.74) is 3.63. The summed E-state index contributed by atoms with van der Waals surface area (Å²) in [6.07, 6.45) is 1.66. The first-order chi connectivity index (χ1) is 16.3. The number of benzene rings is 1. The number of fused-ring (bicyclic) bond motifs is 1. The Morgan fingerprint density at radius 1 is 1.18 bits per heavy atom. The molecule has 4 aromatic heterocycles. The molecule has 10 heteroatoms. The molecule has 10 nitrogen and oxygen atoms in total. The van der Waals surface area contributed by atoms with Crippen molar-refractivity contribution in [3.8, 4) is 22.6 Å². The SMILES string of the molecule is Cc1cc(-c2cc(C(=O)Nc3cccc(-c4noc(=O)[nH]4)c3)c3cnn(C(C)C)c3n2)c(C)o1. The quantitative estimate of drug-likeness (QED) is 0.397. The number of aryl methyl sites for hydroxylation is 2. The topological polar surface area (TPSA) is 132 Å². The molecule has 0 radical (unpaired) electrons. The van der Waals surface area contributed by atoms with Gasteiger partial charge in [-0.25, -0.2) is 14.5 Å². The van der Waals surface area contributed by atoms with Crippen molar-refractivity contribution in [1.82, 2.24) is 24.9 Å². The van der Waals surface area contributed by atoms with E-state index >= 15 is 0 Å². The number of carbonyl (C=O) groups is 1. The number of nitrogens with zero attached hydrogens (tertiary/aromatic N) is 4. The standard InChI is InChI=1S/C24H22N6O4/c1-12(2)30-22-19(11-25-30)18(10-20(27-22)17-8-13(3)33-14(17)4)23(31)26-16-7-5-6-15(9-16)21-28-24(32)34-29-21/h5-12H,1-4H3,(H,26,31)(H,28,29,32). The molecule has 0 unspecified atom stereocenters. The number of H-pyrrole nitrogens is 1. The number of rotatable bonds is 5. The highest BCUT2D eigenvalue weighted by atomic mass is 16.5. The van der Waals surface area contributed by atoms with Gasteiger partial charge in [-0.2, -0.15) is 5.10 Å². The van der Waals surface area contributed by atoms with Gasteiger partial charge in [-0.3, -0.25) is 14.3 Å². The number of anilines is 1. The van der Waals surface area contributed by atoms with Gasteiger partial charge < -0.3 is 9.73 Å². The Morgan fingerprint density at radius 3 is 2.68 bits per heavy atom. The van der Waals surface area contributed by atoms with Crippen molar-refractivity contribution in [2.45, 2.75) is 33.7 Å². The molecular formula is C24H22N6O4. The van der Waals surface area contributed by atoms with E-state index in [2.05, 4.69) is 25.1 Å². The van der Waals surface area contributed by atoms with Crippen LogP contribution in [0.5, 0.6) is 0 Å². The predicted molar refractivity (Wildman–Crippen MR) is 126 cm³/mol. The fourth-order valence-electron chi connectivity index (χ4n) is 3.90. The highest BCUT2D eigenvalue weighted by Crippen LogP contribution is 2.30. The number of hydrogen-bond acceptors (Lipinski definition) is 7. The van der Waals surface area contributed by atoms with Crippen LogP contribution in [0.15, 0.2) is 56.3 Å². The molecule has 0 saturated heterocycles. The summed E-state index contributed by atoms with van der Waals surface area (Å²) in [7, 11) is 0. The number of carbonyl (C=O) groups excluding carboxylic acids is 1. The number of hydrogen-bond donors (Lipinski definition) is 2. The molecule has 1 aromatic carbocycles. The van der Waals surface area contributed by atoms with Crippen LogP contribution >= 0.6 is 0 Å². The van der Waals surface area contributed by atoms with Gasteiger partial charge in [-0.1, -0.05) is 17.3 Å². The zero-order chi connectivity index (χ0) is 24.0. The van der Waals surface area contributed by atoms with E-state index in [1.807, 2.05) is 33.8 Å². The summed E-state index contributed by atoms with van der Waals surface area (Å²) >= 11 is 0. The summed E-state index contributed by atoms with van der Waals surface area (Å²) < 4.78 is 12.1. The lowest BCUT2D eigenvalue weighted by Crippen LogP contribution is -2.13. The molecule has 34 heavy (non-hydrogen) atoms. The van der Waals surface area contributed by atoms with Gasteiger partial charge in [0.05, 0.1) is 22.8 Å². The van der Waals surface area contributed by atoms with E-state index in [-0.39, 0.29) is 17.8 Å². The molecule has 172 valence electrons. The largest absolute Gasteiger partial charge is 0.466 e. The van der Waals surface area contributed by atoms with Gasteiger partial charge in [0.15, 0.2) is 11.5 Å². The zero-order valence-electron chi connectivity index (χ0n) is 19.0. The lowest BCUT2D eigenvalue weighted by atomic mass is 10.1. The van der Waals surface area contributed by atoms with Crippen LogP contribution in [-0.4, -0.2) is 30.8 Å². The smallest absolute Gasteiger partial charge is 0.439 e. The van der Waals surface area contributed by atoms with E-state index in [0.29, 0.717) is 33.5 Å². The highest BCUT2D eigenvalue weighted by molar-refractivity contribution is 6.12. The van der Waals surface area contributed by atoms with Crippen LogP contribution in [0.4, 0.5) is 5.69 Å². The second-order valence-corrected chi connectivity index (χ2v) is 8.28. The lowest BCUT2D eigenvalue weighted by Gasteiger charge is -2.11. The van der Waals surface area contributed by atoms with Crippen molar-refractivity contribution in [2.75, 3.05) is 5.32 Å². The number of nitrogens with one attached hydrogen (secondary N) is 2. The number of furan rings is 1. The Kier molecular flexibility index (Phi) is 5.12. The normalized spacial score (nSPS) is 11.4. The van der Waals surface area contributed by atoms with Crippen LogP contribution in [0.2, 0.25) is 0 Å². The minimum absolute atomic E-state index is 0.0599. The van der Waals surface area contributed by atoms with E-state index in [0.717, 1.165) is 17.1 Å². The molecule has 0 saturated carbocycles. The Hall–Kier alpha value is -4.47. The monoisotopic (exact) mass is 458 g/mol. The van der Waals surface area contributed by atoms with Crippen LogP contribution in [0.25, 0.3) is 33.7 Å². The molecule has 5 rings (SSSR count). The minimum atomic E-state index is -0.650. The second kappa shape index (κ2) is 8.14. The molecular weight excluding hydrogens is 436 g/mol. The molecule has 0 fully saturated rings. The second-order valence-electron chi connectivity index (χ2n) is 8.28. The summed E-state index contributed by atoms with van der Waals surface area (Å²) in [4.78, 5) is 32.0. The summed E-state index contributed by atoms with van der Waals surface area (Å²) in [5.74, 6) is 0.795. The van der Waals surface area contributed by atoms with Gasteiger partial charge in [-0.05, 0) is 52.0 Å². The Bertz CT molecular complexity index is 1590. The van der Waals surface area contributed by atoms with Gasteiger partial charge in [0.2, 0.25) is 0 Å². The van der Waals surface area contributed by atoms with Gasteiger partial charge in [0.25, 0.3) is 5.91 Å². The molecule has 1 amide bonds. The molecule has 5 aromatic rings. The Balaban J connectivity index is 1.58. The van der Waals surface area contributed by atoms with Gasteiger partial charge >= 0.3 is 5.76 Å². The summed E-state index contributed by atoms with van der Waals surface area (Å²) in [5, 5.41) is 11.7. The molecule has 0 aliphatic rings. The number of amides is 1. The fraction of sp³-hybridized carbons (Fsp3) is 0.208. The Labute approximate surface area is 193 Å². The third-order valence-electron chi connectivity index (χ3n) is 5.45. The van der Waals surface area contributed by atoms with Gasteiger partial charge in [-0.15, -0.1) is 0 Å². The van der Waals surface area contributed by atoms with Crippen LogP contribution in [0, 0.1) is 13.8 Å². The molecule has 0 bridgehead atoms. The van der Waals surface area contributed by atoms with E-state index in [1.54, 1.807) is 41.2 Å². The van der Waals surface area contributed by atoms with Crippen LogP contribution < -0.4 is 11.1 Å². The Morgan fingerprint density at radius 2 is 2.00 bits per heavy atom. The van der Waals surface area contributed by atoms with Crippen LogP contribution in [0.1, 0.15) is 41.8 Å². The maximum Gasteiger partial charge on any atom is 0.439 e. The van der Waals surface area contributed by atoms with Crippen molar-refractivity contribution in [3.63, 3.8) is 0 Å². The van der Waals surface area contributed by atoms with E-state index in [4.69, 9.17) is 9.40 Å². The highest BCUT2D eigenvalue weighted by Gasteiger charge is 2.20. The molecule has 0 aliphatic carbocycles. The number of pyridine rings is 1. The van der Waals surface area contributed by atoms with Crippen molar-refractivity contribution < 1.29 is 13.7 Å². The fourth-order valence-corrected chi connectivity index (χ4v) is 3.90. The van der Waals surface area contributed by atoms with Crippen molar-refractivity contribution >= 4 is 22.6 Å². The van der Waals surface area contributed by atoms with E-state index < -0.39 is 5.76 Å². The average Bonchev–Trinajstić information content (AvgIpc) is 3.51. The third kappa shape index (κ3) is 3.79. The van der Waals surface area contributed by atoms with Crippen LogP contribution in [-0.2, 0) is 0 Å². The summed E-state index contributed by atoms with van der Waals surface area (Å²) in [6, 6.07) is 10.7. The van der Waals surface area contributed by atoms with E-state index in [9.17, 15) is 9.59 Å². The number of aromatic nitrogens is 5. The maximum atomic E-state index is 13.4. The van der Waals surface area contributed by atoms with Gasteiger partial charge in [0.1, 0.15) is 11.5 Å². The first-order valence-electron chi connectivity index (χ1n) is 10.7. The van der Waals surface area contributed by atoms with Gasteiger partial charge in [0, 0.05) is 22.9 Å². The van der Waals surface area contributed by atoms with Crippen molar-refractivity contribution in [1.29, 1.82) is 0 Å². The molecule has 0 atom stereocenters. The first kappa shape index (κ1) is 21.4. The van der Waals surface area contributed by atoms with Crippen LogP contribution in [0.3, 0.4) is 0 Å². The third-order valence-corrected chi connectivity index (χ3v) is 5.45. The molecule has 4 heterocycles. The predicted octanol–water partition coefficient (Wildman–Crippen LogP) is 4.48. The minimum Gasteiger partial charge on any atom is -0.466 e. The molecule has 0 spiro atoms. The zero-order valence-corrected chi connectivity index (χ0v) is 19.0.